The lowest BCUT2D eigenvalue weighted by Crippen LogP contribution is -2.15. The van der Waals surface area contributed by atoms with Gasteiger partial charge in [0, 0.05) is 11.8 Å². The van der Waals surface area contributed by atoms with Gasteiger partial charge in [0.1, 0.15) is 5.82 Å². The van der Waals surface area contributed by atoms with Crippen LogP contribution in [0.1, 0.15) is 11.4 Å². The molecular weight excluding hydrogens is 240 g/mol. The Hall–Kier alpha value is -2.27. The Morgan fingerprint density at radius 3 is 2.89 bits per heavy atom. The van der Waals surface area contributed by atoms with Crippen molar-refractivity contribution in [3.8, 4) is 0 Å². The number of hydrogen-bond donors (Lipinski definition) is 2. The standard InChI is InChI=1S/C14H14N4O/c1-8-2-3-11-9(6-8)7-10-13(16-11)17-12(4-5-15)18-14(10)19/h2-3,6-7H,4-5,15H2,1H3,(H,16,17,18,19). The molecule has 0 aliphatic heterocycles. The molecule has 0 aliphatic rings. The molecule has 3 N–H and O–H groups in total. The number of rotatable bonds is 2. The van der Waals surface area contributed by atoms with Crippen LogP contribution in [0.3, 0.4) is 0 Å². The van der Waals surface area contributed by atoms with Gasteiger partial charge >= 0.3 is 0 Å². The number of fused-ring (bicyclic) bond motifs is 2. The average molecular weight is 254 g/mol. The van der Waals surface area contributed by atoms with Gasteiger partial charge in [0.25, 0.3) is 5.56 Å². The maximum atomic E-state index is 12.0. The molecule has 96 valence electrons. The van der Waals surface area contributed by atoms with E-state index in [0.717, 1.165) is 16.5 Å². The van der Waals surface area contributed by atoms with E-state index in [2.05, 4.69) is 15.0 Å². The number of pyridine rings is 1. The van der Waals surface area contributed by atoms with Crippen molar-refractivity contribution in [2.75, 3.05) is 6.54 Å². The predicted octanol–water partition coefficient (Wildman–Crippen LogP) is 1.28. The van der Waals surface area contributed by atoms with Crippen molar-refractivity contribution in [1.82, 2.24) is 15.0 Å². The topological polar surface area (TPSA) is 84.7 Å². The highest BCUT2D eigenvalue weighted by molar-refractivity contribution is 5.90. The summed E-state index contributed by atoms with van der Waals surface area (Å²) in [5.41, 5.74) is 7.77. The minimum absolute atomic E-state index is 0.163. The van der Waals surface area contributed by atoms with Crippen LogP contribution in [0.5, 0.6) is 0 Å². The van der Waals surface area contributed by atoms with Crippen molar-refractivity contribution in [3.05, 3.63) is 46.0 Å². The maximum Gasteiger partial charge on any atom is 0.260 e. The Balaban J connectivity index is 2.34. The van der Waals surface area contributed by atoms with E-state index >= 15 is 0 Å². The molecule has 0 saturated heterocycles. The van der Waals surface area contributed by atoms with Crippen LogP contribution >= 0.6 is 0 Å². The molecule has 0 atom stereocenters. The van der Waals surface area contributed by atoms with Crippen LogP contribution < -0.4 is 11.3 Å². The normalized spacial score (nSPS) is 11.3. The van der Waals surface area contributed by atoms with Gasteiger partial charge in [-0.3, -0.25) is 4.79 Å². The molecule has 0 fully saturated rings. The minimum Gasteiger partial charge on any atom is -0.330 e. The molecule has 2 aromatic heterocycles. The summed E-state index contributed by atoms with van der Waals surface area (Å²) in [6, 6.07) is 7.78. The minimum atomic E-state index is -0.163. The molecular formula is C14H14N4O. The lowest BCUT2D eigenvalue weighted by atomic mass is 10.1. The lowest BCUT2D eigenvalue weighted by molar-refractivity contribution is 0.867. The third-order valence-corrected chi connectivity index (χ3v) is 3.07. The monoisotopic (exact) mass is 254 g/mol. The fourth-order valence-corrected chi connectivity index (χ4v) is 2.15. The van der Waals surface area contributed by atoms with Crippen molar-refractivity contribution in [1.29, 1.82) is 0 Å². The van der Waals surface area contributed by atoms with Crippen LogP contribution in [0.15, 0.2) is 29.1 Å². The molecule has 5 nitrogen and oxygen atoms in total. The van der Waals surface area contributed by atoms with Gasteiger partial charge in [0.05, 0.1) is 10.9 Å². The van der Waals surface area contributed by atoms with E-state index < -0.39 is 0 Å². The smallest absolute Gasteiger partial charge is 0.260 e. The quantitative estimate of drug-likeness (QED) is 0.675. The summed E-state index contributed by atoms with van der Waals surface area (Å²) >= 11 is 0. The number of nitrogens with zero attached hydrogens (tertiary/aromatic N) is 2. The Morgan fingerprint density at radius 2 is 2.11 bits per heavy atom. The third-order valence-electron chi connectivity index (χ3n) is 3.07. The number of benzene rings is 1. The molecule has 0 unspecified atom stereocenters. The Bertz CT molecular complexity index is 823. The highest BCUT2D eigenvalue weighted by Crippen LogP contribution is 2.17. The molecule has 0 amide bonds. The number of aromatic nitrogens is 3. The van der Waals surface area contributed by atoms with Crippen LogP contribution in [-0.4, -0.2) is 21.5 Å². The van der Waals surface area contributed by atoms with Gasteiger partial charge in [-0.15, -0.1) is 0 Å². The number of nitrogens with one attached hydrogen (secondary N) is 1. The summed E-state index contributed by atoms with van der Waals surface area (Å²) in [6.45, 7) is 2.46. The summed E-state index contributed by atoms with van der Waals surface area (Å²) in [5, 5.41) is 1.46. The van der Waals surface area contributed by atoms with Gasteiger partial charge in [-0.2, -0.15) is 0 Å². The van der Waals surface area contributed by atoms with Crippen LogP contribution in [0.4, 0.5) is 0 Å². The molecule has 0 saturated carbocycles. The summed E-state index contributed by atoms with van der Waals surface area (Å²) in [7, 11) is 0. The van der Waals surface area contributed by atoms with Gasteiger partial charge in [0.2, 0.25) is 0 Å². The van der Waals surface area contributed by atoms with Crippen LogP contribution in [0.2, 0.25) is 0 Å². The van der Waals surface area contributed by atoms with E-state index in [4.69, 9.17) is 5.73 Å². The fourth-order valence-electron chi connectivity index (χ4n) is 2.15. The zero-order valence-electron chi connectivity index (χ0n) is 10.6. The first-order chi connectivity index (χ1) is 9.17. The second-order valence-electron chi connectivity index (χ2n) is 4.61. The number of nitrogens with two attached hydrogens (primary N) is 1. The zero-order chi connectivity index (χ0) is 13.4. The zero-order valence-corrected chi connectivity index (χ0v) is 10.6. The van der Waals surface area contributed by atoms with Crippen molar-refractivity contribution >= 4 is 21.9 Å². The van der Waals surface area contributed by atoms with E-state index in [0.29, 0.717) is 29.8 Å². The molecule has 0 bridgehead atoms. The molecule has 0 aliphatic carbocycles. The summed E-state index contributed by atoms with van der Waals surface area (Å²) < 4.78 is 0. The van der Waals surface area contributed by atoms with E-state index in [1.165, 1.54) is 0 Å². The first-order valence-corrected chi connectivity index (χ1v) is 6.18. The van der Waals surface area contributed by atoms with Gasteiger partial charge < -0.3 is 10.7 Å². The summed E-state index contributed by atoms with van der Waals surface area (Å²) in [4.78, 5) is 23.6. The Labute approximate surface area is 109 Å². The van der Waals surface area contributed by atoms with E-state index in [-0.39, 0.29) is 5.56 Å². The first kappa shape index (κ1) is 11.8. The maximum absolute atomic E-state index is 12.0. The van der Waals surface area contributed by atoms with Crippen molar-refractivity contribution in [2.24, 2.45) is 5.73 Å². The second kappa shape index (κ2) is 4.44. The lowest BCUT2D eigenvalue weighted by Gasteiger charge is -2.04. The van der Waals surface area contributed by atoms with E-state index in [1.807, 2.05) is 31.2 Å². The second-order valence-corrected chi connectivity index (χ2v) is 4.61. The van der Waals surface area contributed by atoms with Crippen molar-refractivity contribution in [3.63, 3.8) is 0 Å². The van der Waals surface area contributed by atoms with Crippen LogP contribution in [-0.2, 0) is 6.42 Å². The molecule has 1 aromatic carbocycles. The first-order valence-electron chi connectivity index (χ1n) is 6.18. The van der Waals surface area contributed by atoms with E-state index in [9.17, 15) is 4.79 Å². The highest BCUT2D eigenvalue weighted by Gasteiger charge is 2.07. The molecule has 3 aromatic rings. The summed E-state index contributed by atoms with van der Waals surface area (Å²) in [6.07, 6.45) is 0.540. The number of aryl methyl sites for hydroxylation is 1. The molecule has 19 heavy (non-hydrogen) atoms. The summed E-state index contributed by atoms with van der Waals surface area (Å²) in [5.74, 6) is 0.582. The van der Waals surface area contributed by atoms with E-state index in [1.54, 1.807) is 0 Å². The third kappa shape index (κ3) is 2.08. The van der Waals surface area contributed by atoms with Gasteiger partial charge in [-0.25, -0.2) is 9.97 Å². The molecule has 5 heteroatoms. The van der Waals surface area contributed by atoms with Crippen LogP contribution in [0, 0.1) is 6.92 Å². The van der Waals surface area contributed by atoms with Crippen molar-refractivity contribution in [2.45, 2.75) is 13.3 Å². The molecule has 0 radical (unpaired) electrons. The molecule has 0 spiro atoms. The van der Waals surface area contributed by atoms with Crippen LogP contribution in [0.25, 0.3) is 21.9 Å². The number of aromatic amines is 1. The highest BCUT2D eigenvalue weighted by atomic mass is 16.1. The van der Waals surface area contributed by atoms with Crippen molar-refractivity contribution < 1.29 is 0 Å². The molecule has 3 rings (SSSR count). The predicted molar refractivity (Wildman–Crippen MR) is 75.2 cm³/mol. The Morgan fingerprint density at radius 1 is 1.26 bits per heavy atom. The largest absolute Gasteiger partial charge is 0.330 e. The van der Waals surface area contributed by atoms with Gasteiger partial charge in [-0.05, 0) is 31.7 Å². The average Bonchev–Trinajstić information content (AvgIpc) is 2.37. The Kier molecular flexibility index (Phi) is 2.76. The molecule has 2 heterocycles. The van der Waals surface area contributed by atoms with Gasteiger partial charge in [0.15, 0.2) is 5.65 Å². The fraction of sp³-hybridized carbons (Fsp3) is 0.214. The number of hydrogen-bond acceptors (Lipinski definition) is 4. The number of H-pyrrole nitrogens is 1. The SMILES string of the molecule is Cc1ccc2nc3nc(CCN)[nH]c(=O)c3cc2c1. The van der Waals surface area contributed by atoms with Gasteiger partial charge in [-0.1, -0.05) is 11.6 Å².